The number of aromatic nitrogens is 2. The summed E-state index contributed by atoms with van der Waals surface area (Å²) in [4.78, 5) is 4.31. The molecule has 0 fully saturated rings. The number of halogens is 2. The summed E-state index contributed by atoms with van der Waals surface area (Å²) < 4.78 is 24.4. The zero-order valence-corrected chi connectivity index (χ0v) is 13.5. The van der Waals surface area contributed by atoms with E-state index >= 15 is 0 Å². The summed E-state index contributed by atoms with van der Waals surface area (Å²) in [5, 5.41) is 7.18. The molecule has 0 aliphatic rings. The predicted octanol–water partition coefficient (Wildman–Crippen LogP) is 2.81. The molecule has 2 rings (SSSR count). The molecular weight excluding hydrogens is 341 g/mol. The maximum atomic E-state index is 13.4. The van der Waals surface area contributed by atoms with Crippen molar-refractivity contribution in [2.24, 2.45) is 0 Å². The molecule has 7 heteroatoms. The molecule has 1 aromatic carbocycles. The number of ether oxygens (including phenoxy) is 1. The van der Waals surface area contributed by atoms with Crippen LogP contribution in [0.3, 0.4) is 0 Å². The van der Waals surface area contributed by atoms with Gasteiger partial charge in [0.15, 0.2) is 0 Å². The van der Waals surface area contributed by atoms with Crippen LogP contribution in [0.15, 0.2) is 27.2 Å². The van der Waals surface area contributed by atoms with Crippen molar-refractivity contribution in [3.05, 3.63) is 34.4 Å². The third-order valence-electron chi connectivity index (χ3n) is 2.87. The van der Waals surface area contributed by atoms with E-state index in [1.54, 1.807) is 13.2 Å². The molecule has 1 aromatic heterocycles. The zero-order valence-electron chi connectivity index (χ0n) is 11.9. The van der Waals surface area contributed by atoms with E-state index in [1.807, 2.05) is 6.92 Å². The molecule has 0 amide bonds. The van der Waals surface area contributed by atoms with Crippen molar-refractivity contribution in [1.82, 2.24) is 15.5 Å². The van der Waals surface area contributed by atoms with Gasteiger partial charge in [0.1, 0.15) is 5.82 Å². The highest BCUT2D eigenvalue weighted by Crippen LogP contribution is 2.22. The van der Waals surface area contributed by atoms with Crippen molar-refractivity contribution < 1.29 is 13.7 Å². The first kappa shape index (κ1) is 16.1. The smallest absolute Gasteiger partial charge is 0.228 e. The van der Waals surface area contributed by atoms with Gasteiger partial charge in [-0.2, -0.15) is 4.98 Å². The van der Waals surface area contributed by atoms with E-state index in [1.165, 1.54) is 12.1 Å². The summed E-state index contributed by atoms with van der Waals surface area (Å²) in [7, 11) is 1.65. The van der Waals surface area contributed by atoms with Crippen LogP contribution in [0.5, 0.6) is 0 Å². The van der Waals surface area contributed by atoms with Gasteiger partial charge in [-0.3, -0.25) is 0 Å². The molecule has 0 bridgehead atoms. The van der Waals surface area contributed by atoms with Crippen LogP contribution in [0.4, 0.5) is 4.39 Å². The van der Waals surface area contributed by atoms with E-state index in [9.17, 15) is 4.39 Å². The number of likely N-dealkylation sites (N-methyl/N-ethyl adjacent to an activating group) is 1. The standard InChI is InChI=1S/C14H17BrFN3O2/c1-3-17-12(8-20-2)7-13-18-14(19-21-13)9-4-10(15)6-11(16)5-9/h4-6,12,17H,3,7-8H2,1-2H3. The van der Waals surface area contributed by atoms with E-state index in [-0.39, 0.29) is 11.9 Å². The van der Waals surface area contributed by atoms with Crippen molar-refractivity contribution in [2.45, 2.75) is 19.4 Å². The van der Waals surface area contributed by atoms with Crippen LogP contribution in [0, 0.1) is 5.82 Å². The highest BCUT2D eigenvalue weighted by atomic mass is 79.9. The van der Waals surface area contributed by atoms with Gasteiger partial charge in [-0.25, -0.2) is 4.39 Å². The van der Waals surface area contributed by atoms with Crippen LogP contribution in [0.2, 0.25) is 0 Å². The molecule has 1 heterocycles. The molecule has 1 atom stereocenters. The van der Waals surface area contributed by atoms with Crippen LogP contribution >= 0.6 is 15.9 Å². The van der Waals surface area contributed by atoms with Gasteiger partial charge in [-0.05, 0) is 24.7 Å². The quantitative estimate of drug-likeness (QED) is 0.825. The zero-order chi connectivity index (χ0) is 15.2. The van der Waals surface area contributed by atoms with Gasteiger partial charge in [0, 0.05) is 29.6 Å². The molecule has 0 saturated carbocycles. The maximum absolute atomic E-state index is 13.4. The van der Waals surface area contributed by atoms with Crippen LogP contribution in [-0.2, 0) is 11.2 Å². The number of benzene rings is 1. The summed E-state index contributed by atoms with van der Waals surface area (Å²) in [5.74, 6) is 0.516. The van der Waals surface area contributed by atoms with Crippen molar-refractivity contribution in [3.8, 4) is 11.4 Å². The lowest BCUT2D eigenvalue weighted by Crippen LogP contribution is -2.35. The number of nitrogens with one attached hydrogen (secondary N) is 1. The van der Waals surface area contributed by atoms with Gasteiger partial charge in [0.05, 0.1) is 6.61 Å². The molecule has 21 heavy (non-hydrogen) atoms. The summed E-state index contributed by atoms with van der Waals surface area (Å²) in [6.45, 7) is 3.40. The Bertz CT molecular complexity index is 565. The first-order valence-electron chi connectivity index (χ1n) is 6.63. The maximum Gasteiger partial charge on any atom is 0.228 e. The van der Waals surface area contributed by atoms with Crippen LogP contribution < -0.4 is 5.32 Å². The molecular formula is C14H17BrFN3O2. The normalized spacial score (nSPS) is 12.6. The number of rotatable bonds is 7. The number of hydrogen-bond donors (Lipinski definition) is 1. The highest BCUT2D eigenvalue weighted by molar-refractivity contribution is 9.10. The third-order valence-corrected chi connectivity index (χ3v) is 3.33. The molecule has 1 unspecified atom stereocenters. The summed E-state index contributed by atoms with van der Waals surface area (Å²) in [6.07, 6.45) is 0.561. The predicted molar refractivity (Wildman–Crippen MR) is 80.4 cm³/mol. The largest absolute Gasteiger partial charge is 0.383 e. The Morgan fingerprint density at radius 1 is 1.43 bits per heavy atom. The van der Waals surface area contributed by atoms with Crippen LogP contribution in [-0.4, -0.2) is 36.4 Å². The van der Waals surface area contributed by atoms with Crippen molar-refractivity contribution in [1.29, 1.82) is 0 Å². The van der Waals surface area contributed by atoms with E-state index in [2.05, 4.69) is 31.4 Å². The molecule has 0 aliphatic heterocycles. The number of methoxy groups -OCH3 is 1. The monoisotopic (exact) mass is 357 g/mol. The molecule has 1 N–H and O–H groups in total. The Hall–Kier alpha value is -1.31. The molecule has 2 aromatic rings. The number of nitrogens with zero attached hydrogens (tertiary/aromatic N) is 2. The van der Waals surface area contributed by atoms with Gasteiger partial charge in [0.2, 0.25) is 11.7 Å². The molecule has 114 valence electrons. The molecule has 0 radical (unpaired) electrons. The molecule has 5 nitrogen and oxygen atoms in total. The van der Waals surface area contributed by atoms with E-state index in [0.717, 1.165) is 6.54 Å². The Labute approximate surface area is 131 Å². The van der Waals surface area contributed by atoms with Crippen LogP contribution in [0.1, 0.15) is 12.8 Å². The topological polar surface area (TPSA) is 60.2 Å². The Balaban J connectivity index is 2.13. The highest BCUT2D eigenvalue weighted by Gasteiger charge is 2.15. The Kier molecular flexibility index (Phi) is 5.84. The van der Waals surface area contributed by atoms with Crippen molar-refractivity contribution in [2.75, 3.05) is 20.3 Å². The van der Waals surface area contributed by atoms with E-state index in [0.29, 0.717) is 34.8 Å². The van der Waals surface area contributed by atoms with Gasteiger partial charge < -0.3 is 14.6 Å². The second-order valence-electron chi connectivity index (χ2n) is 4.58. The lowest BCUT2D eigenvalue weighted by Gasteiger charge is -2.14. The average Bonchev–Trinajstić information content (AvgIpc) is 2.87. The summed E-state index contributed by atoms with van der Waals surface area (Å²) in [5.41, 5.74) is 0.573. The number of hydrogen-bond acceptors (Lipinski definition) is 5. The minimum atomic E-state index is -0.351. The first-order valence-corrected chi connectivity index (χ1v) is 7.43. The van der Waals surface area contributed by atoms with Gasteiger partial charge in [-0.15, -0.1) is 0 Å². The fourth-order valence-electron chi connectivity index (χ4n) is 2.03. The SMILES string of the molecule is CCNC(COC)Cc1nc(-c2cc(F)cc(Br)c2)no1. The minimum Gasteiger partial charge on any atom is -0.383 e. The summed E-state index contributed by atoms with van der Waals surface area (Å²) in [6, 6.07) is 4.60. The van der Waals surface area contributed by atoms with Crippen molar-refractivity contribution in [3.63, 3.8) is 0 Å². The van der Waals surface area contributed by atoms with E-state index < -0.39 is 0 Å². The molecule has 0 saturated heterocycles. The van der Waals surface area contributed by atoms with Crippen LogP contribution in [0.25, 0.3) is 11.4 Å². The van der Waals surface area contributed by atoms with E-state index in [4.69, 9.17) is 9.26 Å². The van der Waals surface area contributed by atoms with Crippen molar-refractivity contribution >= 4 is 15.9 Å². The third kappa shape index (κ3) is 4.59. The lowest BCUT2D eigenvalue weighted by molar-refractivity contribution is 0.162. The van der Waals surface area contributed by atoms with Gasteiger partial charge in [-0.1, -0.05) is 28.0 Å². The fourth-order valence-corrected chi connectivity index (χ4v) is 2.49. The van der Waals surface area contributed by atoms with Gasteiger partial charge >= 0.3 is 0 Å². The fraction of sp³-hybridized carbons (Fsp3) is 0.429. The molecule has 0 spiro atoms. The second-order valence-corrected chi connectivity index (χ2v) is 5.50. The Morgan fingerprint density at radius 3 is 2.90 bits per heavy atom. The Morgan fingerprint density at radius 2 is 2.24 bits per heavy atom. The molecule has 0 aliphatic carbocycles. The first-order chi connectivity index (χ1) is 10.1. The average molecular weight is 358 g/mol. The minimum absolute atomic E-state index is 0.104. The summed E-state index contributed by atoms with van der Waals surface area (Å²) >= 11 is 3.25. The second kappa shape index (κ2) is 7.63. The lowest BCUT2D eigenvalue weighted by atomic mass is 10.2. The van der Waals surface area contributed by atoms with Gasteiger partial charge in [0.25, 0.3) is 0 Å².